The molecule has 154 valence electrons. The van der Waals surface area contributed by atoms with Crippen molar-refractivity contribution in [2.45, 2.75) is 0 Å². The summed E-state index contributed by atoms with van der Waals surface area (Å²) in [5, 5.41) is 0. The maximum atomic E-state index is 5.98. The van der Waals surface area contributed by atoms with Gasteiger partial charge in [0.05, 0.1) is 27.0 Å². The lowest BCUT2D eigenvalue weighted by molar-refractivity contribution is -0.00000662. The van der Waals surface area contributed by atoms with E-state index in [4.69, 9.17) is 18.9 Å². The molecule has 2 aromatic rings. The third kappa shape index (κ3) is 5.14. The van der Waals surface area contributed by atoms with Gasteiger partial charge < -0.3 is 36.3 Å². The van der Waals surface area contributed by atoms with Gasteiger partial charge in [0.25, 0.3) is 0 Å². The molecule has 0 atom stereocenters. The van der Waals surface area contributed by atoms with Crippen LogP contribution in [0.2, 0.25) is 0 Å². The van der Waals surface area contributed by atoms with E-state index in [9.17, 15) is 0 Å². The second-order valence-electron chi connectivity index (χ2n) is 6.34. The molecule has 0 N–H and O–H groups in total. The molecule has 0 bridgehead atoms. The molecule has 0 spiro atoms. The van der Waals surface area contributed by atoms with E-state index in [-0.39, 0.29) is 12.4 Å². The Morgan fingerprint density at radius 2 is 1.32 bits per heavy atom. The van der Waals surface area contributed by atoms with E-state index in [0.29, 0.717) is 23.9 Å². The lowest BCUT2D eigenvalue weighted by Crippen LogP contribution is -3.00. The molecular formula is C21H28ClN2O4-. The number of anilines is 1. The van der Waals surface area contributed by atoms with Crippen LogP contribution in [-0.4, -0.2) is 65.6 Å². The Labute approximate surface area is 173 Å². The van der Waals surface area contributed by atoms with E-state index in [2.05, 4.69) is 21.9 Å². The Bertz CT molecular complexity index is 714. The van der Waals surface area contributed by atoms with Gasteiger partial charge >= 0.3 is 0 Å². The van der Waals surface area contributed by atoms with Crippen molar-refractivity contribution in [2.75, 3.05) is 65.6 Å². The smallest absolute Gasteiger partial charge is 0.203 e. The number of para-hydroxylation sites is 3. The third-order valence-electron chi connectivity index (χ3n) is 4.83. The average Bonchev–Trinajstić information content (AvgIpc) is 2.74. The highest BCUT2D eigenvalue weighted by molar-refractivity contribution is 5.58. The molecule has 1 heterocycles. The number of nitrogens with zero attached hydrogens (tertiary/aromatic N) is 2. The standard InChI is InChI=1S/C21H28N2O4.ClH/c1-24-18-8-5-4-7-17(18)23-13-11-22(12-14-23)15-16-27-21-19(25-2)9-6-10-20(21)26-3;/h4-10H,11-16H2,1-3H3;1H/p-1. The van der Waals surface area contributed by atoms with E-state index in [1.54, 1.807) is 21.3 Å². The van der Waals surface area contributed by atoms with Gasteiger partial charge in [0.2, 0.25) is 5.75 Å². The quantitative estimate of drug-likeness (QED) is 0.610. The van der Waals surface area contributed by atoms with Crippen LogP contribution in [0.15, 0.2) is 42.5 Å². The summed E-state index contributed by atoms with van der Waals surface area (Å²) in [4.78, 5) is 4.78. The number of rotatable bonds is 8. The van der Waals surface area contributed by atoms with Gasteiger partial charge in [0.15, 0.2) is 11.5 Å². The second kappa shape index (κ2) is 10.9. The Kier molecular flexibility index (Phi) is 8.54. The van der Waals surface area contributed by atoms with Crippen LogP contribution in [-0.2, 0) is 0 Å². The monoisotopic (exact) mass is 407 g/mol. The van der Waals surface area contributed by atoms with Crippen molar-refractivity contribution in [2.24, 2.45) is 0 Å². The van der Waals surface area contributed by atoms with Crippen LogP contribution in [0.25, 0.3) is 0 Å². The summed E-state index contributed by atoms with van der Waals surface area (Å²) < 4.78 is 22.2. The molecule has 2 aromatic carbocycles. The predicted molar refractivity (Wildman–Crippen MR) is 107 cm³/mol. The summed E-state index contributed by atoms with van der Waals surface area (Å²) in [6.07, 6.45) is 0. The van der Waals surface area contributed by atoms with Crippen LogP contribution in [0.1, 0.15) is 0 Å². The van der Waals surface area contributed by atoms with Gasteiger partial charge in [-0.05, 0) is 24.3 Å². The first-order valence-electron chi connectivity index (χ1n) is 9.21. The summed E-state index contributed by atoms with van der Waals surface area (Å²) in [6.45, 7) is 5.37. The largest absolute Gasteiger partial charge is 1.00 e. The fourth-order valence-electron chi connectivity index (χ4n) is 3.34. The van der Waals surface area contributed by atoms with Gasteiger partial charge in [-0.3, -0.25) is 4.90 Å². The fourth-order valence-corrected chi connectivity index (χ4v) is 3.34. The van der Waals surface area contributed by atoms with E-state index in [1.807, 2.05) is 30.3 Å². The number of ether oxygens (including phenoxy) is 4. The Morgan fingerprint density at radius 1 is 0.750 bits per heavy atom. The number of halogens is 1. The number of hydrogen-bond donors (Lipinski definition) is 0. The molecule has 0 aliphatic carbocycles. The van der Waals surface area contributed by atoms with E-state index in [0.717, 1.165) is 44.2 Å². The van der Waals surface area contributed by atoms with Crippen molar-refractivity contribution in [1.82, 2.24) is 4.90 Å². The third-order valence-corrected chi connectivity index (χ3v) is 4.83. The summed E-state index contributed by atoms with van der Waals surface area (Å²) >= 11 is 0. The van der Waals surface area contributed by atoms with Crippen molar-refractivity contribution >= 4 is 5.69 Å². The van der Waals surface area contributed by atoms with Crippen molar-refractivity contribution < 1.29 is 31.4 Å². The zero-order chi connectivity index (χ0) is 19.1. The van der Waals surface area contributed by atoms with E-state index in [1.165, 1.54) is 0 Å². The molecule has 1 fully saturated rings. The molecule has 1 aliphatic heterocycles. The lowest BCUT2D eigenvalue weighted by atomic mass is 10.2. The summed E-state index contributed by atoms with van der Waals surface area (Å²) in [6, 6.07) is 13.8. The molecule has 0 saturated carbocycles. The fraction of sp³-hybridized carbons (Fsp3) is 0.429. The van der Waals surface area contributed by atoms with Crippen LogP contribution in [0.3, 0.4) is 0 Å². The zero-order valence-electron chi connectivity index (χ0n) is 16.7. The van der Waals surface area contributed by atoms with Crippen molar-refractivity contribution in [3.63, 3.8) is 0 Å². The second-order valence-corrected chi connectivity index (χ2v) is 6.34. The SMILES string of the molecule is COc1ccccc1N1CCN(CCOc2c(OC)cccc2OC)CC1.[Cl-]. The van der Waals surface area contributed by atoms with Crippen LogP contribution in [0.4, 0.5) is 5.69 Å². The molecule has 1 aliphatic rings. The first-order chi connectivity index (χ1) is 13.3. The minimum Gasteiger partial charge on any atom is -1.00 e. The van der Waals surface area contributed by atoms with E-state index >= 15 is 0 Å². The molecule has 7 heteroatoms. The van der Waals surface area contributed by atoms with Gasteiger partial charge in [-0.2, -0.15) is 0 Å². The summed E-state index contributed by atoms with van der Waals surface area (Å²) in [7, 11) is 5.00. The highest BCUT2D eigenvalue weighted by Crippen LogP contribution is 2.36. The van der Waals surface area contributed by atoms with Gasteiger partial charge in [0, 0.05) is 32.7 Å². The van der Waals surface area contributed by atoms with Crippen molar-refractivity contribution in [3.05, 3.63) is 42.5 Å². The van der Waals surface area contributed by atoms with E-state index < -0.39 is 0 Å². The van der Waals surface area contributed by atoms with Gasteiger partial charge in [-0.25, -0.2) is 0 Å². The first kappa shape index (κ1) is 22.0. The number of methoxy groups -OCH3 is 3. The van der Waals surface area contributed by atoms with Gasteiger partial charge in [-0.1, -0.05) is 18.2 Å². The summed E-state index contributed by atoms with van der Waals surface area (Å²) in [5.74, 6) is 2.97. The van der Waals surface area contributed by atoms with Gasteiger partial charge in [-0.15, -0.1) is 0 Å². The molecule has 1 saturated heterocycles. The molecule has 0 radical (unpaired) electrons. The number of hydrogen-bond acceptors (Lipinski definition) is 6. The molecule has 0 aromatic heterocycles. The highest BCUT2D eigenvalue weighted by atomic mass is 35.5. The van der Waals surface area contributed by atoms with Gasteiger partial charge in [0.1, 0.15) is 12.4 Å². The molecule has 0 unspecified atom stereocenters. The minimum atomic E-state index is 0. The van der Waals surface area contributed by atoms with Crippen LogP contribution >= 0.6 is 0 Å². The number of piperazine rings is 1. The highest BCUT2D eigenvalue weighted by Gasteiger charge is 2.20. The maximum Gasteiger partial charge on any atom is 0.203 e. The maximum absolute atomic E-state index is 5.98. The molecule has 3 rings (SSSR count). The normalized spacial score (nSPS) is 14.2. The molecule has 28 heavy (non-hydrogen) atoms. The lowest BCUT2D eigenvalue weighted by Gasteiger charge is -2.36. The Hall–Kier alpha value is -2.31. The van der Waals surface area contributed by atoms with Crippen molar-refractivity contribution in [3.8, 4) is 23.0 Å². The minimum absolute atomic E-state index is 0. The first-order valence-corrected chi connectivity index (χ1v) is 9.21. The Morgan fingerprint density at radius 3 is 1.93 bits per heavy atom. The molecule has 0 amide bonds. The topological polar surface area (TPSA) is 43.4 Å². The summed E-state index contributed by atoms with van der Waals surface area (Å²) in [5.41, 5.74) is 1.16. The van der Waals surface area contributed by atoms with Crippen LogP contribution in [0.5, 0.6) is 23.0 Å². The van der Waals surface area contributed by atoms with Crippen LogP contribution in [0, 0.1) is 0 Å². The van der Waals surface area contributed by atoms with Crippen LogP contribution < -0.4 is 36.3 Å². The zero-order valence-corrected chi connectivity index (χ0v) is 17.4. The Balaban J connectivity index is 0.00000280. The van der Waals surface area contributed by atoms with Crippen molar-refractivity contribution in [1.29, 1.82) is 0 Å². The molecular weight excluding hydrogens is 380 g/mol. The number of benzene rings is 2. The predicted octanol–water partition coefficient (Wildman–Crippen LogP) is -0.0826. The average molecular weight is 408 g/mol. The molecule has 6 nitrogen and oxygen atoms in total.